The summed E-state index contributed by atoms with van der Waals surface area (Å²) in [5.74, 6) is 0.0327. The quantitative estimate of drug-likeness (QED) is 0.728. The lowest BCUT2D eigenvalue weighted by Crippen LogP contribution is -2.34. The molecule has 27 heavy (non-hydrogen) atoms. The maximum atomic E-state index is 12.2. The third kappa shape index (κ3) is 6.44. The van der Waals surface area contributed by atoms with Crippen LogP contribution >= 0.6 is 0 Å². The second kappa shape index (κ2) is 10.4. The fraction of sp³-hybridized carbons (Fsp3) is 0.364. The highest BCUT2D eigenvalue weighted by atomic mass is 16.2. The average Bonchev–Trinajstić information content (AvgIpc) is 2.68. The van der Waals surface area contributed by atoms with Gasteiger partial charge < -0.3 is 15.5 Å². The summed E-state index contributed by atoms with van der Waals surface area (Å²) in [7, 11) is 0. The van der Waals surface area contributed by atoms with Gasteiger partial charge in [-0.25, -0.2) is 4.79 Å². The van der Waals surface area contributed by atoms with E-state index in [2.05, 4.69) is 10.6 Å². The lowest BCUT2D eigenvalue weighted by atomic mass is 10.1. The van der Waals surface area contributed by atoms with E-state index in [0.29, 0.717) is 19.5 Å². The number of nitrogens with zero attached hydrogens (tertiary/aromatic N) is 1. The predicted molar refractivity (Wildman–Crippen MR) is 110 cm³/mol. The zero-order chi connectivity index (χ0) is 19.6. The van der Waals surface area contributed by atoms with Gasteiger partial charge in [0.15, 0.2) is 0 Å². The molecule has 3 amide bonds. The van der Waals surface area contributed by atoms with E-state index in [1.807, 2.05) is 75.4 Å². The molecule has 5 heteroatoms. The molecule has 1 unspecified atom stereocenters. The smallest absolute Gasteiger partial charge is 0.321 e. The Morgan fingerprint density at radius 1 is 0.963 bits per heavy atom. The van der Waals surface area contributed by atoms with Gasteiger partial charge in [0.1, 0.15) is 0 Å². The maximum absolute atomic E-state index is 12.2. The number of anilines is 1. The van der Waals surface area contributed by atoms with E-state index in [9.17, 15) is 9.59 Å². The summed E-state index contributed by atoms with van der Waals surface area (Å²) in [6.45, 7) is 7.21. The third-order valence-corrected chi connectivity index (χ3v) is 4.57. The molecule has 0 saturated carbocycles. The van der Waals surface area contributed by atoms with Crippen LogP contribution in [0.2, 0.25) is 0 Å². The van der Waals surface area contributed by atoms with Crippen LogP contribution < -0.4 is 10.6 Å². The summed E-state index contributed by atoms with van der Waals surface area (Å²) in [5, 5.41) is 5.92. The molecule has 0 spiro atoms. The Kier molecular flexibility index (Phi) is 7.86. The van der Waals surface area contributed by atoms with Crippen molar-refractivity contribution in [3.05, 3.63) is 65.7 Å². The summed E-state index contributed by atoms with van der Waals surface area (Å²) in [4.78, 5) is 26.0. The van der Waals surface area contributed by atoms with Gasteiger partial charge in [-0.2, -0.15) is 0 Å². The number of carbonyl (C=O) groups is 2. The van der Waals surface area contributed by atoms with Crippen LogP contribution in [0.4, 0.5) is 10.5 Å². The number of carbonyl (C=O) groups excluding carboxylic acids is 2. The van der Waals surface area contributed by atoms with Crippen LogP contribution in [0.1, 0.15) is 44.4 Å². The molecule has 2 aromatic carbocycles. The van der Waals surface area contributed by atoms with Crippen LogP contribution in [0, 0.1) is 0 Å². The number of hydrogen-bond donors (Lipinski definition) is 2. The minimum atomic E-state index is -0.102. The number of hydrogen-bond acceptors (Lipinski definition) is 2. The highest BCUT2D eigenvalue weighted by Crippen LogP contribution is 2.17. The third-order valence-electron chi connectivity index (χ3n) is 4.57. The van der Waals surface area contributed by atoms with Crippen molar-refractivity contribution in [1.82, 2.24) is 10.2 Å². The number of nitrogens with one attached hydrogen (secondary N) is 2. The van der Waals surface area contributed by atoms with Crippen molar-refractivity contribution >= 4 is 17.6 Å². The molecule has 0 radical (unpaired) electrons. The molecule has 0 fully saturated rings. The molecule has 0 heterocycles. The molecular formula is C22H29N3O2. The van der Waals surface area contributed by atoms with E-state index in [4.69, 9.17) is 0 Å². The minimum absolute atomic E-state index is 0.0327. The van der Waals surface area contributed by atoms with Crippen molar-refractivity contribution in [3.8, 4) is 0 Å². The van der Waals surface area contributed by atoms with Gasteiger partial charge in [-0.1, -0.05) is 42.5 Å². The van der Waals surface area contributed by atoms with Crippen LogP contribution in [0.25, 0.3) is 0 Å². The molecule has 0 aliphatic heterocycles. The highest BCUT2D eigenvalue weighted by molar-refractivity contribution is 5.89. The second-order valence-corrected chi connectivity index (χ2v) is 6.50. The van der Waals surface area contributed by atoms with Crippen molar-refractivity contribution in [2.24, 2.45) is 0 Å². The maximum Gasteiger partial charge on any atom is 0.321 e. The Balaban J connectivity index is 1.84. The minimum Gasteiger partial charge on any atom is -0.350 e. The van der Waals surface area contributed by atoms with Crippen LogP contribution in [0.15, 0.2) is 54.6 Å². The summed E-state index contributed by atoms with van der Waals surface area (Å²) in [6, 6.07) is 17.4. The van der Waals surface area contributed by atoms with E-state index in [0.717, 1.165) is 23.2 Å². The Bertz CT molecular complexity index is 725. The first-order valence-corrected chi connectivity index (χ1v) is 9.52. The topological polar surface area (TPSA) is 61.4 Å². The second-order valence-electron chi connectivity index (χ2n) is 6.50. The molecule has 2 aromatic rings. The summed E-state index contributed by atoms with van der Waals surface area (Å²) in [6.07, 6.45) is 1.20. The molecule has 0 bridgehead atoms. The van der Waals surface area contributed by atoms with Crippen LogP contribution in [-0.2, 0) is 11.2 Å². The first kappa shape index (κ1) is 20.5. The Hall–Kier alpha value is -2.82. The first-order valence-electron chi connectivity index (χ1n) is 9.52. The molecule has 144 valence electrons. The van der Waals surface area contributed by atoms with Gasteiger partial charge in [0.25, 0.3) is 0 Å². The number of rotatable bonds is 8. The summed E-state index contributed by atoms with van der Waals surface area (Å²) >= 11 is 0. The monoisotopic (exact) mass is 367 g/mol. The molecule has 2 N–H and O–H groups in total. The summed E-state index contributed by atoms with van der Waals surface area (Å²) < 4.78 is 0. The van der Waals surface area contributed by atoms with Crippen molar-refractivity contribution in [1.29, 1.82) is 0 Å². The van der Waals surface area contributed by atoms with Crippen molar-refractivity contribution in [2.75, 3.05) is 18.4 Å². The normalized spacial score (nSPS) is 11.5. The molecule has 0 aliphatic carbocycles. The number of benzene rings is 2. The zero-order valence-electron chi connectivity index (χ0n) is 16.4. The summed E-state index contributed by atoms with van der Waals surface area (Å²) in [5.41, 5.74) is 2.91. The molecule has 1 atom stereocenters. The van der Waals surface area contributed by atoms with Gasteiger partial charge in [-0.15, -0.1) is 0 Å². The molecular weight excluding hydrogens is 338 g/mol. The lowest BCUT2D eigenvalue weighted by Gasteiger charge is -2.19. The Morgan fingerprint density at radius 3 is 2.19 bits per heavy atom. The van der Waals surface area contributed by atoms with Crippen LogP contribution in [-0.4, -0.2) is 29.9 Å². The Labute approximate surface area is 161 Å². The largest absolute Gasteiger partial charge is 0.350 e. The Morgan fingerprint density at radius 2 is 1.59 bits per heavy atom. The van der Waals surface area contributed by atoms with Crippen LogP contribution in [0.3, 0.4) is 0 Å². The molecule has 2 rings (SSSR count). The van der Waals surface area contributed by atoms with Crippen molar-refractivity contribution in [2.45, 2.75) is 39.7 Å². The van der Waals surface area contributed by atoms with Gasteiger partial charge in [0.2, 0.25) is 5.91 Å². The highest BCUT2D eigenvalue weighted by Gasteiger charge is 2.12. The van der Waals surface area contributed by atoms with Crippen LogP contribution in [0.5, 0.6) is 0 Å². The van der Waals surface area contributed by atoms with E-state index in [1.54, 1.807) is 4.90 Å². The van der Waals surface area contributed by atoms with Gasteiger partial charge in [-0.3, -0.25) is 4.79 Å². The van der Waals surface area contributed by atoms with E-state index in [1.165, 1.54) is 0 Å². The van der Waals surface area contributed by atoms with Crippen molar-refractivity contribution in [3.63, 3.8) is 0 Å². The van der Waals surface area contributed by atoms with Gasteiger partial charge in [0, 0.05) is 25.2 Å². The standard InChI is InChI=1S/C22H29N3O2/c1-4-25(5-2)22(27)24-20-14-12-19(13-15-20)17(3)23-21(26)16-11-18-9-7-6-8-10-18/h6-10,12-15,17H,4-5,11,16H2,1-3H3,(H,23,26)(H,24,27). The zero-order valence-corrected chi connectivity index (χ0v) is 16.4. The number of amides is 3. The average molecular weight is 367 g/mol. The van der Waals surface area contributed by atoms with Gasteiger partial charge in [-0.05, 0) is 50.5 Å². The van der Waals surface area contributed by atoms with E-state index >= 15 is 0 Å². The first-order chi connectivity index (χ1) is 13.0. The fourth-order valence-corrected chi connectivity index (χ4v) is 2.87. The molecule has 0 aliphatic rings. The van der Waals surface area contributed by atoms with E-state index in [-0.39, 0.29) is 18.0 Å². The lowest BCUT2D eigenvalue weighted by molar-refractivity contribution is -0.121. The molecule has 0 saturated heterocycles. The van der Waals surface area contributed by atoms with Crippen molar-refractivity contribution < 1.29 is 9.59 Å². The molecule has 5 nitrogen and oxygen atoms in total. The predicted octanol–water partition coefficient (Wildman–Crippen LogP) is 4.37. The SMILES string of the molecule is CCN(CC)C(=O)Nc1ccc(C(C)NC(=O)CCc2ccccc2)cc1. The van der Waals surface area contributed by atoms with E-state index < -0.39 is 0 Å². The number of urea groups is 1. The van der Waals surface area contributed by atoms with Gasteiger partial charge >= 0.3 is 6.03 Å². The molecule has 0 aromatic heterocycles. The fourth-order valence-electron chi connectivity index (χ4n) is 2.87. The van der Waals surface area contributed by atoms with Gasteiger partial charge in [0.05, 0.1) is 6.04 Å². The number of aryl methyl sites for hydroxylation is 1.